The molecule has 0 spiro atoms. The molecule has 0 aliphatic heterocycles. The van der Waals surface area contributed by atoms with Crippen LogP contribution in [0.15, 0.2) is 82.4 Å². The Morgan fingerprint density at radius 2 is 1.81 bits per heavy atom. The molecule has 0 radical (unpaired) electrons. The van der Waals surface area contributed by atoms with Gasteiger partial charge in [-0.1, -0.05) is 36.4 Å². The summed E-state index contributed by atoms with van der Waals surface area (Å²) in [6.07, 6.45) is 0. The third-order valence-electron chi connectivity index (χ3n) is 4.89. The zero-order valence-corrected chi connectivity index (χ0v) is 17.0. The van der Waals surface area contributed by atoms with Crippen molar-refractivity contribution in [1.29, 1.82) is 0 Å². The lowest BCUT2D eigenvalue weighted by atomic mass is 10.2. The molecule has 0 atom stereocenters. The van der Waals surface area contributed by atoms with E-state index < -0.39 is 11.2 Å². The van der Waals surface area contributed by atoms with E-state index in [0.29, 0.717) is 16.6 Å². The van der Waals surface area contributed by atoms with Crippen LogP contribution >= 0.6 is 11.3 Å². The van der Waals surface area contributed by atoms with Crippen molar-refractivity contribution in [3.8, 4) is 10.6 Å². The average molecular weight is 428 g/mol. The highest BCUT2D eigenvalue weighted by Crippen LogP contribution is 2.31. The Kier molecular flexibility index (Phi) is 4.68. The molecule has 0 unspecified atom stereocenters. The highest BCUT2D eigenvalue weighted by molar-refractivity contribution is 7.21. The lowest BCUT2D eigenvalue weighted by Crippen LogP contribution is -2.34. The minimum absolute atomic E-state index is 0.221. The van der Waals surface area contributed by atoms with Crippen LogP contribution in [0.25, 0.3) is 31.7 Å². The number of H-pyrrole nitrogens is 1. The van der Waals surface area contributed by atoms with Gasteiger partial charge < -0.3 is 5.32 Å². The Balaban J connectivity index is 1.42. The number of thiazole rings is 1. The van der Waals surface area contributed by atoms with Crippen LogP contribution in [-0.4, -0.2) is 20.4 Å². The number of nitrogens with zero attached hydrogens (tertiary/aromatic N) is 2. The molecule has 5 aromatic rings. The zero-order valence-electron chi connectivity index (χ0n) is 16.2. The molecule has 2 heterocycles. The summed E-state index contributed by atoms with van der Waals surface area (Å²) in [6, 6.07) is 22.0. The first-order valence-electron chi connectivity index (χ1n) is 9.56. The molecule has 1 amide bonds. The lowest BCUT2D eigenvalue weighted by Gasteiger charge is -2.10. The highest BCUT2D eigenvalue weighted by atomic mass is 32.1. The summed E-state index contributed by atoms with van der Waals surface area (Å²) in [5.74, 6) is -0.374. The minimum atomic E-state index is -0.623. The number of anilines is 1. The quantitative estimate of drug-likeness (QED) is 0.457. The maximum Gasteiger partial charge on any atom is 0.329 e. The maximum absolute atomic E-state index is 12.7. The molecule has 2 aromatic heterocycles. The van der Waals surface area contributed by atoms with Crippen molar-refractivity contribution in [3.05, 3.63) is 93.6 Å². The van der Waals surface area contributed by atoms with Crippen LogP contribution in [0.2, 0.25) is 0 Å². The van der Waals surface area contributed by atoms with Crippen molar-refractivity contribution in [3.63, 3.8) is 0 Å². The summed E-state index contributed by atoms with van der Waals surface area (Å²) in [6.45, 7) is -0.221. The number of hydrogen-bond acceptors (Lipinski definition) is 5. The van der Waals surface area contributed by atoms with E-state index in [4.69, 9.17) is 0 Å². The van der Waals surface area contributed by atoms with Crippen molar-refractivity contribution in [2.45, 2.75) is 6.54 Å². The van der Waals surface area contributed by atoms with Crippen molar-refractivity contribution in [2.75, 3.05) is 5.32 Å². The number of rotatable bonds is 4. The van der Waals surface area contributed by atoms with Gasteiger partial charge in [-0.3, -0.25) is 19.1 Å². The Hall–Kier alpha value is -4.04. The lowest BCUT2D eigenvalue weighted by molar-refractivity contribution is -0.116. The Bertz CT molecular complexity index is 1530. The average Bonchev–Trinajstić information content (AvgIpc) is 3.21. The molecule has 5 rings (SSSR count). The molecule has 0 aliphatic rings. The maximum atomic E-state index is 12.7. The number of aromatic amines is 1. The number of carbonyl (C=O) groups is 1. The molecule has 7 nitrogen and oxygen atoms in total. The standard InChI is InChI=1S/C23H16N4O3S/c28-20(13-27-18-10-3-1-8-16(18)21(29)26-23(27)30)24-15-7-5-6-14(12-15)22-25-17-9-2-4-11-19(17)31-22/h1-12H,13H2,(H,24,28)(H,26,29,30). The van der Waals surface area contributed by atoms with Crippen molar-refractivity contribution < 1.29 is 4.79 Å². The van der Waals surface area contributed by atoms with Gasteiger partial charge in [-0.15, -0.1) is 11.3 Å². The third-order valence-corrected chi connectivity index (χ3v) is 5.98. The second kappa shape index (κ2) is 7.66. The van der Waals surface area contributed by atoms with Crippen LogP contribution in [0.5, 0.6) is 0 Å². The fourth-order valence-electron chi connectivity index (χ4n) is 3.47. The van der Waals surface area contributed by atoms with E-state index in [1.807, 2.05) is 42.5 Å². The predicted molar refractivity (Wildman–Crippen MR) is 123 cm³/mol. The molecule has 0 saturated carbocycles. The number of para-hydroxylation sites is 2. The van der Waals surface area contributed by atoms with Gasteiger partial charge in [0, 0.05) is 11.3 Å². The summed E-state index contributed by atoms with van der Waals surface area (Å²) in [5, 5.41) is 4.04. The first-order valence-corrected chi connectivity index (χ1v) is 10.4. The smallest absolute Gasteiger partial charge is 0.325 e. The highest BCUT2D eigenvalue weighted by Gasteiger charge is 2.12. The second-order valence-electron chi connectivity index (χ2n) is 6.98. The molecule has 0 bridgehead atoms. The van der Waals surface area contributed by atoms with Gasteiger partial charge in [0.05, 0.1) is 21.1 Å². The number of fused-ring (bicyclic) bond motifs is 2. The van der Waals surface area contributed by atoms with Crippen LogP contribution < -0.4 is 16.6 Å². The Morgan fingerprint density at radius 1 is 1.00 bits per heavy atom. The van der Waals surface area contributed by atoms with Gasteiger partial charge in [-0.25, -0.2) is 9.78 Å². The van der Waals surface area contributed by atoms with Gasteiger partial charge >= 0.3 is 5.69 Å². The molecule has 3 aromatic carbocycles. The first-order chi connectivity index (χ1) is 15.1. The van der Waals surface area contributed by atoms with Crippen LogP contribution in [0.3, 0.4) is 0 Å². The molecular weight excluding hydrogens is 412 g/mol. The van der Waals surface area contributed by atoms with E-state index in [2.05, 4.69) is 15.3 Å². The third kappa shape index (κ3) is 3.64. The number of nitrogens with one attached hydrogen (secondary N) is 2. The molecule has 0 fully saturated rings. The fraction of sp³-hybridized carbons (Fsp3) is 0.0435. The van der Waals surface area contributed by atoms with Crippen molar-refractivity contribution >= 4 is 44.1 Å². The number of hydrogen-bond donors (Lipinski definition) is 2. The van der Waals surface area contributed by atoms with E-state index in [9.17, 15) is 14.4 Å². The van der Waals surface area contributed by atoms with Gasteiger partial charge in [-0.05, 0) is 36.4 Å². The van der Waals surface area contributed by atoms with Crippen LogP contribution in [0.1, 0.15) is 0 Å². The molecule has 8 heteroatoms. The minimum Gasteiger partial charge on any atom is -0.325 e. The first kappa shape index (κ1) is 19.0. The molecule has 152 valence electrons. The van der Waals surface area contributed by atoms with Gasteiger partial charge in [0.2, 0.25) is 5.91 Å². The van der Waals surface area contributed by atoms with Crippen LogP contribution in [0, 0.1) is 0 Å². The summed E-state index contributed by atoms with van der Waals surface area (Å²) in [4.78, 5) is 43.9. The SMILES string of the molecule is O=C(Cn1c(=O)[nH]c(=O)c2ccccc21)Nc1cccc(-c2nc3ccccc3s2)c1. The largest absolute Gasteiger partial charge is 0.329 e. The second-order valence-corrected chi connectivity index (χ2v) is 8.01. The molecule has 0 aliphatic carbocycles. The topological polar surface area (TPSA) is 96.9 Å². The summed E-state index contributed by atoms with van der Waals surface area (Å²) in [5.41, 5.74) is 1.74. The summed E-state index contributed by atoms with van der Waals surface area (Å²) < 4.78 is 2.35. The summed E-state index contributed by atoms with van der Waals surface area (Å²) in [7, 11) is 0. The van der Waals surface area contributed by atoms with Crippen molar-refractivity contribution in [2.24, 2.45) is 0 Å². The van der Waals surface area contributed by atoms with Crippen LogP contribution in [-0.2, 0) is 11.3 Å². The normalized spacial score (nSPS) is 11.1. The zero-order chi connectivity index (χ0) is 21.4. The van der Waals surface area contributed by atoms with Gasteiger partial charge in [0.15, 0.2) is 0 Å². The monoisotopic (exact) mass is 428 g/mol. The van der Waals surface area contributed by atoms with Gasteiger partial charge in [-0.2, -0.15) is 0 Å². The van der Waals surface area contributed by atoms with E-state index >= 15 is 0 Å². The summed E-state index contributed by atoms with van der Waals surface area (Å²) >= 11 is 1.58. The van der Waals surface area contributed by atoms with E-state index in [0.717, 1.165) is 20.8 Å². The van der Waals surface area contributed by atoms with Gasteiger partial charge in [0.25, 0.3) is 5.56 Å². The van der Waals surface area contributed by atoms with Crippen LogP contribution in [0.4, 0.5) is 5.69 Å². The number of benzene rings is 3. The molecule has 2 N–H and O–H groups in total. The predicted octanol–water partition coefficient (Wildman–Crippen LogP) is 3.61. The Morgan fingerprint density at radius 3 is 2.68 bits per heavy atom. The van der Waals surface area contributed by atoms with E-state index in [1.165, 1.54) is 4.57 Å². The molecular formula is C23H16N4O3S. The number of amides is 1. The fourth-order valence-corrected chi connectivity index (χ4v) is 4.43. The van der Waals surface area contributed by atoms with E-state index in [1.54, 1.807) is 41.7 Å². The molecule has 0 saturated heterocycles. The molecule has 31 heavy (non-hydrogen) atoms. The van der Waals surface area contributed by atoms with E-state index in [-0.39, 0.29) is 12.5 Å². The van der Waals surface area contributed by atoms with Gasteiger partial charge in [0.1, 0.15) is 11.6 Å². The van der Waals surface area contributed by atoms with Crippen molar-refractivity contribution in [1.82, 2.24) is 14.5 Å². The number of aromatic nitrogens is 3. The Labute approximate surface area is 179 Å². The number of carbonyl (C=O) groups excluding carboxylic acids is 1.